The first kappa shape index (κ1) is 15.0. The van der Waals surface area contributed by atoms with E-state index >= 15 is 0 Å². The zero-order chi connectivity index (χ0) is 13.7. The van der Waals surface area contributed by atoms with Crippen molar-refractivity contribution in [3.05, 3.63) is 27.8 Å². The molecule has 1 N–H and O–H groups in total. The first-order valence-corrected chi connectivity index (χ1v) is 7.52. The van der Waals surface area contributed by atoms with Crippen LogP contribution >= 0.6 is 22.6 Å². The van der Waals surface area contributed by atoms with Crippen molar-refractivity contribution >= 4 is 22.6 Å². The maximum atomic E-state index is 6.00. The minimum atomic E-state index is 0.0954. The Bertz CT molecular complexity index is 402. The topological polar surface area (TPSA) is 39.7 Å². The van der Waals surface area contributed by atoms with Gasteiger partial charge in [-0.25, -0.2) is 0 Å². The fraction of sp³-hybridized carbons (Fsp3) is 0.571. The molecule has 0 spiro atoms. The summed E-state index contributed by atoms with van der Waals surface area (Å²) >= 11 is 2.29. The van der Waals surface area contributed by atoms with Crippen LogP contribution in [0.1, 0.15) is 6.42 Å². The van der Waals surface area contributed by atoms with Crippen LogP contribution in [-0.4, -0.2) is 45.6 Å². The molecule has 0 saturated heterocycles. The summed E-state index contributed by atoms with van der Waals surface area (Å²) < 4.78 is 18.0. The van der Waals surface area contributed by atoms with E-state index in [1.54, 1.807) is 7.11 Å². The molecule has 1 fully saturated rings. The molecule has 4 nitrogen and oxygen atoms in total. The van der Waals surface area contributed by atoms with E-state index < -0.39 is 0 Å². The number of benzene rings is 1. The van der Waals surface area contributed by atoms with Crippen LogP contribution in [0.5, 0.6) is 5.75 Å². The van der Waals surface area contributed by atoms with Crippen LogP contribution in [0.4, 0.5) is 0 Å². The van der Waals surface area contributed by atoms with Gasteiger partial charge in [0.05, 0.1) is 13.2 Å². The smallest absolute Gasteiger partial charge is 0.128 e. The van der Waals surface area contributed by atoms with Gasteiger partial charge in [-0.05, 0) is 47.8 Å². The molecule has 1 aliphatic rings. The molecule has 3 unspecified atom stereocenters. The van der Waals surface area contributed by atoms with Gasteiger partial charge in [0, 0.05) is 23.1 Å². The van der Waals surface area contributed by atoms with Gasteiger partial charge in [0.15, 0.2) is 0 Å². The molecule has 0 radical (unpaired) electrons. The van der Waals surface area contributed by atoms with Crippen LogP contribution in [-0.2, 0) is 9.47 Å². The third-order valence-electron chi connectivity index (χ3n) is 3.30. The van der Waals surface area contributed by atoms with Gasteiger partial charge in [-0.1, -0.05) is 6.07 Å². The first-order valence-electron chi connectivity index (χ1n) is 6.44. The number of likely N-dealkylation sites (N-methyl/N-ethyl adjacent to an activating group) is 1. The highest BCUT2D eigenvalue weighted by molar-refractivity contribution is 14.1. The Labute approximate surface area is 127 Å². The lowest BCUT2D eigenvalue weighted by atomic mass is 9.85. The van der Waals surface area contributed by atoms with Crippen molar-refractivity contribution in [3.63, 3.8) is 0 Å². The van der Waals surface area contributed by atoms with Crippen molar-refractivity contribution in [2.24, 2.45) is 0 Å². The predicted molar refractivity (Wildman–Crippen MR) is 82.7 cm³/mol. The van der Waals surface area contributed by atoms with E-state index in [4.69, 9.17) is 14.2 Å². The lowest BCUT2D eigenvalue weighted by molar-refractivity contribution is -0.114. The van der Waals surface area contributed by atoms with Crippen LogP contribution in [0, 0.1) is 3.57 Å². The Hall–Kier alpha value is -0.370. The number of rotatable bonds is 7. The average molecular weight is 377 g/mol. The summed E-state index contributed by atoms with van der Waals surface area (Å²) in [5.41, 5.74) is 0. The van der Waals surface area contributed by atoms with E-state index in [-0.39, 0.29) is 12.2 Å². The van der Waals surface area contributed by atoms with E-state index in [0.29, 0.717) is 19.3 Å². The quantitative estimate of drug-likeness (QED) is 0.584. The highest BCUT2D eigenvalue weighted by Crippen LogP contribution is 2.29. The maximum Gasteiger partial charge on any atom is 0.128 e. The largest absolute Gasteiger partial charge is 0.488 e. The molecule has 3 atom stereocenters. The highest BCUT2D eigenvalue weighted by Gasteiger charge is 2.43. The average Bonchev–Trinajstić information content (AvgIpc) is 2.39. The summed E-state index contributed by atoms with van der Waals surface area (Å²) in [7, 11) is 3.64. The molecule has 0 heterocycles. The Morgan fingerprint density at radius 2 is 2.21 bits per heavy atom. The monoisotopic (exact) mass is 377 g/mol. The standard InChI is InChI=1S/C14H20INO3/c1-16-12-9-13(14(12)18-7-6-17-2)19-11-5-3-4-10(15)8-11/h3-5,8,12-14,16H,6-7,9H2,1-2H3. The van der Waals surface area contributed by atoms with E-state index in [9.17, 15) is 0 Å². The van der Waals surface area contributed by atoms with Gasteiger partial charge in [0.25, 0.3) is 0 Å². The second-order valence-corrected chi connectivity index (χ2v) is 5.82. The van der Waals surface area contributed by atoms with Crippen LogP contribution in [0.2, 0.25) is 0 Å². The van der Waals surface area contributed by atoms with Gasteiger partial charge >= 0.3 is 0 Å². The summed E-state index contributed by atoms with van der Waals surface area (Å²) in [6, 6.07) is 8.45. The molecule has 0 aromatic heterocycles. The molecule has 2 rings (SSSR count). The Kier molecular flexibility index (Phi) is 5.87. The SMILES string of the molecule is CNC1CC(Oc2cccc(I)c2)C1OCCOC. The summed E-state index contributed by atoms with van der Waals surface area (Å²) in [5.74, 6) is 0.909. The number of ether oxygens (including phenoxy) is 3. The predicted octanol–water partition coefficient (Wildman–Crippen LogP) is 2.06. The lowest BCUT2D eigenvalue weighted by Gasteiger charge is -2.43. The van der Waals surface area contributed by atoms with Crippen molar-refractivity contribution in [3.8, 4) is 5.75 Å². The van der Waals surface area contributed by atoms with Crippen LogP contribution < -0.4 is 10.1 Å². The zero-order valence-corrected chi connectivity index (χ0v) is 13.4. The van der Waals surface area contributed by atoms with Gasteiger partial charge in [-0.2, -0.15) is 0 Å². The summed E-state index contributed by atoms with van der Waals surface area (Å²) in [6.45, 7) is 1.22. The number of nitrogens with one attached hydrogen (secondary N) is 1. The van der Waals surface area contributed by atoms with Crippen molar-refractivity contribution in [2.45, 2.75) is 24.7 Å². The van der Waals surface area contributed by atoms with E-state index in [1.165, 1.54) is 3.57 Å². The number of methoxy groups -OCH3 is 1. The molecule has 0 amide bonds. The van der Waals surface area contributed by atoms with Gasteiger partial charge in [0.2, 0.25) is 0 Å². The molecule has 1 aromatic rings. The lowest BCUT2D eigenvalue weighted by Crippen LogP contribution is -2.60. The van der Waals surface area contributed by atoms with E-state index in [1.807, 2.05) is 25.2 Å². The zero-order valence-electron chi connectivity index (χ0n) is 11.3. The Balaban J connectivity index is 1.88. The molecule has 0 aliphatic heterocycles. The highest BCUT2D eigenvalue weighted by atomic mass is 127. The fourth-order valence-electron chi connectivity index (χ4n) is 2.19. The number of halogens is 1. The Morgan fingerprint density at radius 3 is 2.89 bits per heavy atom. The number of hydrogen-bond acceptors (Lipinski definition) is 4. The maximum absolute atomic E-state index is 6.00. The normalized spacial score (nSPS) is 25.9. The van der Waals surface area contributed by atoms with Gasteiger partial charge in [-0.15, -0.1) is 0 Å². The van der Waals surface area contributed by atoms with Gasteiger partial charge in [0.1, 0.15) is 18.0 Å². The van der Waals surface area contributed by atoms with Crippen molar-refractivity contribution in [1.82, 2.24) is 5.32 Å². The Morgan fingerprint density at radius 1 is 1.37 bits per heavy atom. The van der Waals surface area contributed by atoms with Crippen molar-refractivity contribution in [2.75, 3.05) is 27.4 Å². The second kappa shape index (κ2) is 7.42. The summed E-state index contributed by atoms with van der Waals surface area (Å²) in [4.78, 5) is 0. The number of hydrogen-bond donors (Lipinski definition) is 1. The molecular weight excluding hydrogens is 357 g/mol. The third-order valence-corrected chi connectivity index (χ3v) is 3.97. The minimum Gasteiger partial charge on any atom is -0.488 e. The summed E-state index contributed by atoms with van der Waals surface area (Å²) in [6.07, 6.45) is 1.19. The second-order valence-electron chi connectivity index (χ2n) is 4.57. The minimum absolute atomic E-state index is 0.0954. The molecule has 0 bridgehead atoms. The third kappa shape index (κ3) is 4.05. The fourth-order valence-corrected chi connectivity index (χ4v) is 2.70. The van der Waals surface area contributed by atoms with Gasteiger partial charge < -0.3 is 19.5 Å². The van der Waals surface area contributed by atoms with Crippen molar-refractivity contribution in [1.29, 1.82) is 0 Å². The molecule has 1 saturated carbocycles. The van der Waals surface area contributed by atoms with Crippen LogP contribution in [0.25, 0.3) is 0 Å². The van der Waals surface area contributed by atoms with E-state index in [0.717, 1.165) is 12.2 Å². The molecule has 106 valence electrons. The molecular formula is C14H20INO3. The van der Waals surface area contributed by atoms with Crippen molar-refractivity contribution < 1.29 is 14.2 Å². The summed E-state index contributed by atoms with van der Waals surface area (Å²) in [5, 5.41) is 3.26. The molecule has 1 aromatic carbocycles. The molecule has 19 heavy (non-hydrogen) atoms. The first-order chi connectivity index (χ1) is 9.24. The molecule has 1 aliphatic carbocycles. The van der Waals surface area contributed by atoms with Crippen LogP contribution in [0.15, 0.2) is 24.3 Å². The molecule has 5 heteroatoms. The van der Waals surface area contributed by atoms with E-state index in [2.05, 4.69) is 34.0 Å². The van der Waals surface area contributed by atoms with Crippen LogP contribution in [0.3, 0.4) is 0 Å². The van der Waals surface area contributed by atoms with Gasteiger partial charge in [-0.3, -0.25) is 0 Å².